The maximum absolute atomic E-state index is 13.4. The number of carbonyl (C=O) groups is 2. The molecule has 1 spiro atoms. The Morgan fingerprint density at radius 3 is 2.56 bits per heavy atom. The summed E-state index contributed by atoms with van der Waals surface area (Å²) in [5.74, 6) is 1.70. The molecule has 4 aliphatic rings. The first-order valence-electron chi connectivity index (χ1n) is 10.3. The first-order valence-corrected chi connectivity index (χ1v) is 10.3. The van der Waals surface area contributed by atoms with Crippen molar-refractivity contribution in [2.24, 2.45) is 39.9 Å². The first kappa shape index (κ1) is 17.5. The number of rotatable bonds is 1. The van der Waals surface area contributed by atoms with Crippen LogP contribution in [0.2, 0.25) is 0 Å². The Morgan fingerprint density at radius 2 is 1.88 bits per heavy atom. The second-order valence-corrected chi connectivity index (χ2v) is 10.6. The van der Waals surface area contributed by atoms with E-state index in [1.165, 1.54) is 26.2 Å². The zero-order chi connectivity index (χ0) is 18.2. The van der Waals surface area contributed by atoms with E-state index in [0.717, 1.165) is 25.7 Å². The lowest BCUT2D eigenvalue weighted by atomic mass is 9.40. The second-order valence-electron chi connectivity index (χ2n) is 10.6. The number of hydrogen-bond donors (Lipinski definition) is 0. The van der Waals surface area contributed by atoms with Crippen molar-refractivity contribution in [3.63, 3.8) is 0 Å². The molecule has 0 aliphatic heterocycles. The third kappa shape index (κ3) is 2.23. The fraction of sp³-hybridized carbons (Fsp3) is 0.909. The highest BCUT2D eigenvalue weighted by Gasteiger charge is 2.70. The van der Waals surface area contributed by atoms with Gasteiger partial charge < -0.3 is 4.74 Å². The topological polar surface area (TPSA) is 43.4 Å². The van der Waals surface area contributed by atoms with Crippen LogP contribution < -0.4 is 0 Å². The van der Waals surface area contributed by atoms with Gasteiger partial charge in [0, 0.05) is 24.2 Å². The predicted molar refractivity (Wildman–Crippen MR) is 96.8 cm³/mol. The molecular formula is C22H34O3. The molecule has 7 unspecified atom stereocenters. The average Bonchev–Trinajstić information content (AvgIpc) is 2.67. The number of ketones is 1. The van der Waals surface area contributed by atoms with E-state index in [1.807, 2.05) is 0 Å². The van der Waals surface area contributed by atoms with Crippen molar-refractivity contribution in [3.05, 3.63) is 0 Å². The van der Waals surface area contributed by atoms with E-state index in [4.69, 9.17) is 4.74 Å². The molecule has 0 amide bonds. The van der Waals surface area contributed by atoms with Crippen molar-refractivity contribution in [2.75, 3.05) is 0 Å². The first-order chi connectivity index (χ1) is 11.6. The van der Waals surface area contributed by atoms with Crippen LogP contribution in [0.15, 0.2) is 0 Å². The van der Waals surface area contributed by atoms with E-state index in [9.17, 15) is 9.59 Å². The van der Waals surface area contributed by atoms with E-state index in [0.29, 0.717) is 23.0 Å². The van der Waals surface area contributed by atoms with Crippen LogP contribution in [-0.4, -0.2) is 17.9 Å². The van der Waals surface area contributed by atoms with Gasteiger partial charge in [-0.15, -0.1) is 0 Å². The van der Waals surface area contributed by atoms with Crippen molar-refractivity contribution >= 4 is 11.8 Å². The Bertz CT molecular complexity index is 608. The van der Waals surface area contributed by atoms with Crippen LogP contribution in [0.3, 0.4) is 0 Å². The molecule has 4 fully saturated rings. The van der Waals surface area contributed by atoms with Gasteiger partial charge in [-0.2, -0.15) is 0 Å². The fourth-order valence-corrected chi connectivity index (χ4v) is 8.20. The molecule has 0 N–H and O–H groups in total. The number of fused-ring (bicyclic) bond motifs is 3. The maximum Gasteiger partial charge on any atom is 0.302 e. The van der Waals surface area contributed by atoms with Gasteiger partial charge >= 0.3 is 5.97 Å². The van der Waals surface area contributed by atoms with Crippen LogP contribution in [0.5, 0.6) is 0 Å². The monoisotopic (exact) mass is 346 g/mol. The molecule has 3 heteroatoms. The van der Waals surface area contributed by atoms with Crippen molar-refractivity contribution < 1.29 is 14.3 Å². The molecule has 3 nitrogen and oxygen atoms in total. The molecule has 4 saturated carbocycles. The maximum atomic E-state index is 13.4. The van der Waals surface area contributed by atoms with Gasteiger partial charge in [0.05, 0.1) is 0 Å². The van der Waals surface area contributed by atoms with E-state index in [1.54, 1.807) is 0 Å². The molecule has 0 aromatic heterocycles. The van der Waals surface area contributed by atoms with Gasteiger partial charge in [0.15, 0.2) is 0 Å². The third-order valence-corrected chi connectivity index (χ3v) is 8.92. The Morgan fingerprint density at radius 1 is 1.16 bits per heavy atom. The van der Waals surface area contributed by atoms with E-state index < -0.39 is 0 Å². The lowest BCUT2D eigenvalue weighted by Crippen LogP contribution is -2.61. The molecule has 140 valence electrons. The average molecular weight is 347 g/mol. The van der Waals surface area contributed by atoms with Crippen molar-refractivity contribution in [3.8, 4) is 0 Å². The number of ether oxygens (including phenoxy) is 1. The van der Waals surface area contributed by atoms with Crippen LogP contribution in [0.4, 0.5) is 0 Å². The summed E-state index contributed by atoms with van der Waals surface area (Å²) in [6.07, 6.45) is 7.73. The van der Waals surface area contributed by atoms with Crippen LogP contribution in [0, 0.1) is 39.9 Å². The predicted octanol–water partition coefficient (Wildman–Crippen LogP) is 4.78. The highest BCUT2D eigenvalue weighted by molar-refractivity contribution is 5.90. The quantitative estimate of drug-likeness (QED) is 0.642. The summed E-state index contributed by atoms with van der Waals surface area (Å²) in [4.78, 5) is 25.3. The Balaban J connectivity index is 1.82. The van der Waals surface area contributed by atoms with E-state index in [2.05, 4.69) is 27.7 Å². The van der Waals surface area contributed by atoms with Gasteiger partial charge in [-0.25, -0.2) is 0 Å². The summed E-state index contributed by atoms with van der Waals surface area (Å²) < 4.78 is 5.92. The molecule has 25 heavy (non-hydrogen) atoms. The molecule has 4 aliphatic carbocycles. The molecule has 7 atom stereocenters. The molecule has 0 heterocycles. The largest absolute Gasteiger partial charge is 0.462 e. The van der Waals surface area contributed by atoms with Crippen molar-refractivity contribution in [1.29, 1.82) is 0 Å². The summed E-state index contributed by atoms with van der Waals surface area (Å²) in [6.45, 7) is 10.9. The highest BCUT2D eigenvalue weighted by Crippen LogP contribution is 2.71. The van der Waals surface area contributed by atoms with Gasteiger partial charge in [-0.3, -0.25) is 9.59 Å². The number of carbonyl (C=O) groups excluding carboxylic acids is 2. The van der Waals surface area contributed by atoms with Gasteiger partial charge in [0.2, 0.25) is 0 Å². The zero-order valence-corrected chi connectivity index (χ0v) is 16.6. The zero-order valence-electron chi connectivity index (χ0n) is 16.6. The molecule has 0 aromatic carbocycles. The normalized spacial score (nSPS) is 50.8. The van der Waals surface area contributed by atoms with Gasteiger partial charge in [0.1, 0.15) is 11.9 Å². The number of hydrogen-bond acceptors (Lipinski definition) is 3. The van der Waals surface area contributed by atoms with Crippen LogP contribution in [0.1, 0.15) is 79.6 Å². The third-order valence-electron chi connectivity index (χ3n) is 8.92. The Labute approximate surface area is 152 Å². The SMILES string of the molecule is CC(=O)OC1CC2CC3(CCC4C(C)(C)CCCC4(C)C13)C(=O)C2C. The minimum absolute atomic E-state index is 0.0631. The molecule has 0 aromatic rings. The molecule has 0 saturated heterocycles. The van der Waals surface area contributed by atoms with Crippen LogP contribution in [-0.2, 0) is 14.3 Å². The van der Waals surface area contributed by atoms with Crippen LogP contribution >= 0.6 is 0 Å². The standard InChI is InChI=1S/C22H34O3/c1-13-15-11-16(25-14(2)23)18-21(5)9-6-8-20(3,4)17(21)7-10-22(18,12-15)19(13)24/h13,15-18H,6-12H2,1-5H3. The Kier molecular flexibility index (Phi) is 3.74. The van der Waals surface area contributed by atoms with Gasteiger partial charge in [-0.05, 0) is 61.2 Å². The summed E-state index contributed by atoms with van der Waals surface area (Å²) >= 11 is 0. The Hall–Kier alpha value is -0.860. The number of esters is 1. The van der Waals surface area contributed by atoms with Crippen molar-refractivity contribution in [1.82, 2.24) is 0 Å². The molecule has 4 rings (SSSR count). The summed E-state index contributed by atoms with van der Waals surface area (Å²) in [6, 6.07) is 0. The summed E-state index contributed by atoms with van der Waals surface area (Å²) in [7, 11) is 0. The minimum Gasteiger partial charge on any atom is -0.462 e. The summed E-state index contributed by atoms with van der Waals surface area (Å²) in [5.41, 5.74) is 0.214. The van der Waals surface area contributed by atoms with E-state index in [-0.39, 0.29) is 34.7 Å². The summed E-state index contributed by atoms with van der Waals surface area (Å²) in [5, 5.41) is 0. The lowest BCUT2D eigenvalue weighted by molar-refractivity contribution is -0.200. The fourth-order valence-electron chi connectivity index (χ4n) is 8.20. The molecule has 2 bridgehead atoms. The van der Waals surface area contributed by atoms with Crippen molar-refractivity contribution in [2.45, 2.75) is 85.7 Å². The molecular weight excluding hydrogens is 312 g/mol. The van der Waals surface area contributed by atoms with Gasteiger partial charge in [0.25, 0.3) is 0 Å². The van der Waals surface area contributed by atoms with Crippen LogP contribution in [0.25, 0.3) is 0 Å². The highest BCUT2D eigenvalue weighted by atomic mass is 16.5. The molecule has 0 radical (unpaired) electrons. The lowest BCUT2D eigenvalue weighted by Gasteiger charge is -2.64. The van der Waals surface area contributed by atoms with E-state index >= 15 is 0 Å². The smallest absolute Gasteiger partial charge is 0.302 e. The van der Waals surface area contributed by atoms with Gasteiger partial charge in [-0.1, -0.05) is 34.1 Å². The minimum atomic E-state index is -0.221. The second kappa shape index (κ2) is 5.33. The number of Topliss-reactive ketones (excluding diaryl/α,β-unsaturated/α-hetero) is 1.